The van der Waals surface area contributed by atoms with Crippen molar-refractivity contribution in [1.29, 1.82) is 0 Å². The molecule has 0 saturated carbocycles. The van der Waals surface area contributed by atoms with E-state index in [-0.39, 0.29) is 25.0 Å². The number of aliphatic hydroxyl groups is 1. The highest BCUT2D eigenvalue weighted by Crippen LogP contribution is 2.42. The van der Waals surface area contributed by atoms with E-state index in [1.807, 2.05) is 38.2 Å². The molecule has 2 fully saturated rings. The Hall–Kier alpha value is -2.78. The Balaban J connectivity index is 1.37. The van der Waals surface area contributed by atoms with E-state index in [1.165, 1.54) is 17.0 Å². The maximum atomic E-state index is 14.0. The number of rotatable bonds is 6. The Bertz CT molecular complexity index is 1210. The van der Waals surface area contributed by atoms with Crippen LogP contribution < -0.4 is 0 Å². The number of hydrogen-bond acceptors (Lipinski definition) is 4. The van der Waals surface area contributed by atoms with Crippen LogP contribution in [0.4, 0.5) is 13.2 Å². The van der Waals surface area contributed by atoms with Gasteiger partial charge in [-0.15, -0.1) is 11.6 Å². The summed E-state index contributed by atoms with van der Waals surface area (Å²) < 4.78 is 42.1. The van der Waals surface area contributed by atoms with Crippen molar-refractivity contribution in [1.82, 2.24) is 14.7 Å². The molecule has 1 N–H and O–H groups in total. The van der Waals surface area contributed by atoms with Gasteiger partial charge in [-0.1, -0.05) is 36.4 Å². The van der Waals surface area contributed by atoms with Gasteiger partial charge in [0.1, 0.15) is 0 Å². The molecule has 3 aliphatic rings. The zero-order valence-electron chi connectivity index (χ0n) is 24.5. The summed E-state index contributed by atoms with van der Waals surface area (Å²) in [6.07, 6.45) is 6.57. The average molecular weight is 608 g/mol. The number of carbonyl (C=O) groups excluding carboxylic acids is 2. The fraction of sp³-hybridized carbons (Fsp3) is 0.562. The second kappa shape index (κ2) is 13.2. The predicted molar refractivity (Wildman–Crippen MR) is 157 cm³/mol. The largest absolute Gasteiger partial charge is 0.430 e. The van der Waals surface area contributed by atoms with Gasteiger partial charge in [-0.2, -0.15) is 13.2 Å². The van der Waals surface area contributed by atoms with Crippen LogP contribution in [0.15, 0.2) is 65.9 Å². The highest BCUT2D eigenvalue weighted by molar-refractivity contribution is 6.27. The van der Waals surface area contributed by atoms with Gasteiger partial charge in [0.15, 0.2) is 0 Å². The van der Waals surface area contributed by atoms with Crippen molar-refractivity contribution >= 4 is 23.4 Å². The van der Waals surface area contributed by atoms with Gasteiger partial charge in [0.05, 0.1) is 5.38 Å². The number of piperidine rings is 1. The molecule has 2 saturated heterocycles. The third kappa shape index (κ3) is 6.72. The number of likely N-dealkylation sites (N-methyl/N-ethyl adjacent to an activating group) is 1. The van der Waals surface area contributed by atoms with Crippen molar-refractivity contribution in [3.63, 3.8) is 0 Å². The topological polar surface area (TPSA) is 64.1 Å². The Morgan fingerprint density at radius 2 is 1.60 bits per heavy atom. The number of benzene rings is 1. The molecule has 2 aliphatic heterocycles. The van der Waals surface area contributed by atoms with Crippen LogP contribution >= 0.6 is 11.6 Å². The van der Waals surface area contributed by atoms with Crippen molar-refractivity contribution in [2.75, 3.05) is 33.2 Å². The van der Waals surface area contributed by atoms with Gasteiger partial charge in [0.25, 0.3) is 17.4 Å². The zero-order valence-corrected chi connectivity index (χ0v) is 25.2. The van der Waals surface area contributed by atoms with Gasteiger partial charge in [0, 0.05) is 56.1 Å². The Morgan fingerprint density at radius 3 is 2.21 bits per heavy atom. The van der Waals surface area contributed by atoms with Crippen LogP contribution in [0.25, 0.3) is 0 Å². The van der Waals surface area contributed by atoms with Crippen LogP contribution in [0.1, 0.15) is 51.5 Å². The lowest BCUT2D eigenvalue weighted by molar-refractivity contribution is -0.262. The predicted octanol–water partition coefficient (Wildman–Crippen LogP) is 5.63. The maximum Gasteiger partial charge on any atom is 0.430 e. The van der Waals surface area contributed by atoms with Crippen molar-refractivity contribution in [3.05, 3.63) is 71.5 Å². The Morgan fingerprint density at radius 1 is 0.976 bits per heavy atom. The summed E-state index contributed by atoms with van der Waals surface area (Å²) in [6.45, 7) is 5.96. The standard InChI is InChI=1S/C32H41ClF3N3O3/c1-22(2)37(3)29(40)27-13-11-26(12-14-28(27)33)38-18-7-8-23(15-19-38)24-16-20-39(21-17-24)30(41)31(42,32(34,35)36)25-9-5-4-6-10-25/h4-6,9-14,22-24,28,42H,7-8,15-21H2,1-3H3/t23?,28?,31-/m1/s1. The normalized spacial score (nSPS) is 23.9. The molecule has 4 rings (SSSR count). The molecule has 0 aromatic heterocycles. The quantitative estimate of drug-likeness (QED) is 0.426. The minimum absolute atomic E-state index is 0.0603. The summed E-state index contributed by atoms with van der Waals surface area (Å²) in [4.78, 5) is 31.2. The third-order valence-corrected chi connectivity index (χ3v) is 9.43. The van der Waals surface area contributed by atoms with Crippen LogP contribution in [0, 0.1) is 11.8 Å². The van der Waals surface area contributed by atoms with Crippen LogP contribution in [0.5, 0.6) is 0 Å². The molecule has 2 heterocycles. The first-order chi connectivity index (χ1) is 19.8. The smallest absolute Gasteiger partial charge is 0.372 e. The Kier molecular flexibility index (Phi) is 10.1. The first-order valence-electron chi connectivity index (χ1n) is 14.7. The van der Waals surface area contributed by atoms with E-state index in [2.05, 4.69) is 4.90 Å². The summed E-state index contributed by atoms with van der Waals surface area (Å²) in [6, 6.07) is 6.65. The molecule has 0 bridgehead atoms. The number of halogens is 4. The maximum absolute atomic E-state index is 14.0. The van der Waals surface area contributed by atoms with Crippen LogP contribution in [-0.2, 0) is 15.2 Å². The molecule has 10 heteroatoms. The van der Waals surface area contributed by atoms with E-state index in [4.69, 9.17) is 11.6 Å². The molecule has 1 aromatic carbocycles. The molecular weight excluding hydrogens is 567 g/mol. The summed E-state index contributed by atoms with van der Waals surface area (Å²) in [5, 5.41) is 10.2. The zero-order chi connectivity index (χ0) is 30.7. The van der Waals surface area contributed by atoms with Crippen LogP contribution in [0.2, 0.25) is 0 Å². The molecule has 6 nitrogen and oxygen atoms in total. The highest BCUT2D eigenvalue weighted by Gasteiger charge is 2.62. The summed E-state index contributed by atoms with van der Waals surface area (Å²) in [7, 11) is 1.77. The molecular formula is C32H41ClF3N3O3. The first kappa shape index (κ1) is 32.1. The molecule has 230 valence electrons. The van der Waals surface area contributed by atoms with E-state index in [0.717, 1.165) is 50.2 Å². The van der Waals surface area contributed by atoms with E-state index in [1.54, 1.807) is 18.0 Å². The summed E-state index contributed by atoms with van der Waals surface area (Å²) in [5.41, 5.74) is -2.48. The summed E-state index contributed by atoms with van der Waals surface area (Å²) >= 11 is 6.55. The van der Waals surface area contributed by atoms with Gasteiger partial charge in [-0.05, 0) is 76.0 Å². The Labute approximate surface area is 251 Å². The van der Waals surface area contributed by atoms with E-state index >= 15 is 0 Å². The molecule has 0 radical (unpaired) electrons. The average Bonchev–Trinajstić information content (AvgIpc) is 3.34. The van der Waals surface area contributed by atoms with Crippen molar-refractivity contribution in [3.8, 4) is 0 Å². The van der Waals surface area contributed by atoms with Crippen molar-refractivity contribution in [2.24, 2.45) is 11.8 Å². The van der Waals surface area contributed by atoms with Gasteiger partial charge >= 0.3 is 6.18 Å². The highest BCUT2D eigenvalue weighted by atomic mass is 35.5. The number of likely N-dealkylation sites (tertiary alicyclic amines) is 2. The van der Waals surface area contributed by atoms with Crippen LogP contribution in [0.3, 0.4) is 0 Å². The van der Waals surface area contributed by atoms with Crippen LogP contribution in [-0.4, -0.2) is 82.4 Å². The number of hydrogen-bond donors (Lipinski definition) is 1. The first-order valence-corrected chi connectivity index (χ1v) is 15.2. The minimum atomic E-state index is -5.13. The fourth-order valence-electron chi connectivity index (χ4n) is 6.19. The fourth-order valence-corrected chi connectivity index (χ4v) is 6.43. The van der Waals surface area contributed by atoms with Gasteiger partial charge in [-0.25, -0.2) is 0 Å². The molecule has 0 spiro atoms. The van der Waals surface area contributed by atoms with Crippen molar-refractivity contribution in [2.45, 2.75) is 69.1 Å². The van der Waals surface area contributed by atoms with E-state index in [9.17, 15) is 27.9 Å². The number of alkyl halides is 4. The molecule has 3 atom stereocenters. The number of carbonyl (C=O) groups is 2. The molecule has 2 unspecified atom stereocenters. The molecule has 1 aromatic rings. The lowest BCUT2D eigenvalue weighted by Gasteiger charge is -2.40. The SMILES string of the molecule is CC(C)N(C)C(=O)C1=CC=C(N2CCCC(C3CCN(C(=O)[C@](O)(c4ccccc4)C(F)(F)F)CC3)CC2)C=CC1Cl. The lowest BCUT2D eigenvalue weighted by atomic mass is 9.79. The summed E-state index contributed by atoms with van der Waals surface area (Å²) in [5.74, 6) is -0.704. The molecule has 42 heavy (non-hydrogen) atoms. The lowest BCUT2D eigenvalue weighted by Crippen LogP contribution is -2.57. The van der Waals surface area contributed by atoms with Crippen molar-refractivity contribution < 1.29 is 27.9 Å². The second-order valence-corrected chi connectivity index (χ2v) is 12.3. The second-order valence-electron chi connectivity index (χ2n) is 11.9. The number of nitrogens with zero attached hydrogens (tertiary/aromatic N) is 3. The van der Waals surface area contributed by atoms with Gasteiger partial charge in [0.2, 0.25) is 0 Å². The van der Waals surface area contributed by atoms with E-state index in [0.29, 0.717) is 30.3 Å². The van der Waals surface area contributed by atoms with Gasteiger partial charge < -0.3 is 19.8 Å². The monoisotopic (exact) mass is 607 g/mol. The minimum Gasteiger partial charge on any atom is -0.372 e. The van der Waals surface area contributed by atoms with Gasteiger partial charge in [-0.3, -0.25) is 9.59 Å². The third-order valence-electron chi connectivity index (χ3n) is 9.05. The number of allylic oxidation sites excluding steroid dienone is 4. The van der Waals surface area contributed by atoms with E-state index < -0.39 is 28.6 Å². The molecule has 1 aliphatic carbocycles. The molecule has 2 amide bonds. The number of amides is 2.